The van der Waals surface area contributed by atoms with Crippen LogP contribution in [0, 0.1) is 20.8 Å². The van der Waals surface area contributed by atoms with Crippen LogP contribution in [0.15, 0.2) is 27.7 Å². The Morgan fingerprint density at radius 2 is 2.00 bits per heavy atom. The van der Waals surface area contributed by atoms with E-state index in [-0.39, 0.29) is 0 Å². The van der Waals surface area contributed by atoms with E-state index in [1.54, 1.807) is 0 Å². The van der Waals surface area contributed by atoms with Crippen molar-refractivity contribution in [2.24, 2.45) is 4.99 Å². The van der Waals surface area contributed by atoms with Crippen molar-refractivity contribution >= 4 is 5.96 Å². The molecule has 0 unspecified atom stereocenters. The van der Waals surface area contributed by atoms with Gasteiger partial charge in [-0.15, -0.1) is 0 Å². The molecule has 0 spiro atoms. The summed E-state index contributed by atoms with van der Waals surface area (Å²) in [6.07, 6.45) is 0.848. The second-order valence-electron chi connectivity index (χ2n) is 6.22. The molecule has 0 aliphatic carbocycles. The maximum absolute atomic E-state index is 5.74. The fraction of sp³-hybridized carbons (Fsp3) is 0.500. The number of nitrogens with one attached hydrogen (secondary N) is 2. The van der Waals surface area contributed by atoms with Gasteiger partial charge in [0.05, 0.1) is 18.8 Å². The number of guanidine groups is 1. The Morgan fingerprint density at radius 1 is 1.19 bits per heavy atom. The van der Waals surface area contributed by atoms with Crippen molar-refractivity contribution in [3.05, 3.63) is 46.3 Å². The summed E-state index contributed by atoms with van der Waals surface area (Å²) >= 11 is 0. The zero-order chi connectivity index (χ0) is 18.9. The van der Waals surface area contributed by atoms with Crippen molar-refractivity contribution in [1.29, 1.82) is 0 Å². The normalized spacial score (nSPS) is 11.5. The molecule has 0 aliphatic rings. The van der Waals surface area contributed by atoms with Crippen LogP contribution >= 0.6 is 0 Å². The first-order valence-electron chi connectivity index (χ1n) is 9.21. The highest BCUT2D eigenvalue weighted by Gasteiger charge is 2.09. The third-order valence-electron chi connectivity index (χ3n) is 4.12. The third-order valence-corrected chi connectivity index (χ3v) is 4.12. The van der Waals surface area contributed by atoms with Crippen LogP contribution < -0.4 is 15.4 Å². The maximum atomic E-state index is 5.74. The van der Waals surface area contributed by atoms with Gasteiger partial charge in [-0.1, -0.05) is 17.3 Å². The summed E-state index contributed by atoms with van der Waals surface area (Å²) in [6, 6.07) is 6.23. The van der Waals surface area contributed by atoms with Crippen LogP contribution in [-0.4, -0.2) is 30.8 Å². The minimum absolute atomic E-state index is 0.566. The highest BCUT2D eigenvalue weighted by molar-refractivity contribution is 5.79. The maximum Gasteiger partial charge on any atom is 0.191 e. The van der Waals surface area contributed by atoms with Gasteiger partial charge in [0.1, 0.15) is 11.5 Å². The molecule has 1 heterocycles. The molecule has 2 aromatic rings. The van der Waals surface area contributed by atoms with Gasteiger partial charge in [-0.3, -0.25) is 0 Å². The topological polar surface area (TPSA) is 71.7 Å². The molecule has 1 aromatic heterocycles. The number of hydrogen-bond acceptors (Lipinski definition) is 4. The largest absolute Gasteiger partial charge is 0.494 e. The zero-order valence-electron chi connectivity index (χ0n) is 16.5. The highest BCUT2D eigenvalue weighted by atomic mass is 16.5. The number of nitrogens with zero attached hydrogens (tertiary/aromatic N) is 2. The summed E-state index contributed by atoms with van der Waals surface area (Å²) in [5.74, 6) is 2.58. The van der Waals surface area contributed by atoms with E-state index in [4.69, 9.17) is 14.3 Å². The minimum atomic E-state index is 0.566. The fourth-order valence-corrected chi connectivity index (χ4v) is 2.75. The molecule has 0 fully saturated rings. The Balaban J connectivity index is 2.00. The number of aryl methyl sites for hydroxylation is 3. The Kier molecular flexibility index (Phi) is 7.51. The van der Waals surface area contributed by atoms with Gasteiger partial charge in [0.15, 0.2) is 5.96 Å². The van der Waals surface area contributed by atoms with E-state index >= 15 is 0 Å². The first-order valence-corrected chi connectivity index (χ1v) is 9.21. The van der Waals surface area contributed by atoms with Crippen LogP contribution in [0.3, 0.4) is 0 Å². The molecule has 2 N–H and O–H groups in total. The highest BCUT2D eigenvalue weighted by Crippen LogP contribution is 2.21. The van der Waals surface area contributed by atoms with Crippen LogP contribution in [-0.2, 0) is 13.0 Å². The molecule has 6 nitrogen and oxygen atoms in total. The van der Waals surface area contributed by atoms with Crippen LogP contribution in [0.4, 0.5) is 0 Å². The van der Waals surface area contributed by atoms with Crippen LogP contribution in [0.2, 0.25) is 0 Å². The standard InChI is InChI=1S/C20H30N4O2/c1-6-21-20(22-11-10-18-15(4)24-26-16(18)5)23-13-17-9-8-14(3)12-19(17)25-7-2/h8-9,12H,6-7,10-11,13H2,1-5H3,(H2,21,22,23). The lowest BCUT2D eigenvalue weighted by Crippen LogP contribution is -2.38. The number of aliphatic imine (C=N–C) groups is 1. The van der Waals surface area contributed by atoms with Crippen LogP contribution in [0.5, 0.6) is 5.75 Å². The number of benzene rings is 1. The zero-order valence-corrected chi connectivity index (χ0v) is 16.5. The van der Waals surface area contributed by atoms with E-state index in [1.165, 1.54) is 5.56 Å². The number of ether oxygens (including phenoxy) is 1. The summed E-state index contributed by atoms with van der Waals surface area (Å²) in [4.78, 5) is 4.70. The molecule has 2 rings (SSSR count). The Hall–Kier alpha value is -2.50. The van der Waals surface area contributed by atoms with E-state index < -0.39 is 0 Å². The molecule has 0 aliphatic heterocycles. The molecular weight excluding hydrogens is 328 g/mol. The van der Waals surface area contributed by atoms with Crippen molar-refractivity contribution in [3.8, 4) is 5.75 Å². The van der Waals surface area contributed by atoms with Gasteiger partial charge >= 0.3 is 0 Å². The second kappa shape index (κ2) is 9.85. The Labute approximate surface area is 156 Å². The fourth-order valence-electron chi connectivity index (χ4n) is 2.75. The predicted octanol–water partition coefficient (Wildman–Crippen LogP) is 3.30. The molecular formula is C20H30N4O2. The van der Waals surface area contributed by atoms with Gasteiger partial charge in [0.25, 0.3) is 0 Å². The average molecular weight is 358 g/mol. The van der Waals surface area contributed by atoms with Crippen LogP contribution in [0.25, 0.3) is 0 Å². The van der Waals surface area contributed by atoms with Gasteiger partial charge in [-0.05, 0) is 52.7 Å². The minimum Gasteiger partial charge on any atom is -0.494 e. The van der Waals surface area contributed by atoms with Gasteiger partial charge < -0.3 is 19.9 Å². The summed E-state index contributed by atoms with van der Waals surface area (Å²) < 4.78 is 11.0. The lowest BCUT2D eigenvalue weighted by atomic mass is 10.1. The van der Waals surface area contributed by atoms with E-state index in [0.29, 0.717) is 13.2 Å². The average Bonchev–Trinajstić information content (AvgIpc) is 2.93. The SMILES string of the molecule is CCNC(=NCc1ccc(C)cc1OCC)NCCc1c(C)noc1C. The van der Waals surface area contributed by atoms with E-state index in [1.807, 2.05) is 20.8 Å². The van der Waals surface area contributed by atoms with Crippen LogP contribution in [0.1, 0.15) is 42.0 Å². The molecule has 0 atom stereocenters. The molecule has 1 aromatic carbocycles. The molecule has 26 heavy (non-hydrogen) atoms. The Bertz CT molecular complexity index is 718. The first kappa shape index (κ1) is 19.8. The van der Waals surface area contributed by atoms with Gasteiger partial charge in [0, 0.05) is 24.2 Å². The van der Waals surface area contributed by atoms with E-state index in [2.05, 4.69) is 47.8 Å². The molecule has 0 bridgehead atoms. The van der Waals surface area contributed by atoms with Crippen molar-refractivity contribution in [2.75, 3.05) is 19.7 Å². The van der Waals surface area contributed by atoms with Crippen molar-refractivity contribution in [1.82, 2.24) is 15.8 Å². The lowest BCUT2D eigenvalue weighted by molar-refractivity contribution is 0.336. The summed E-state index contributed by atoms with van der Waals surface area (Å²) in [6.45, 7) is 12.8. The van der Waals surface area contributed by atoms with Gasteiger partial charge in [-0.25, -0.2) is 4.99 Å². The summed E-state index contributed by atoms with van der Waals surface area (Å²) in [5, 5.41) is 10.7. The monoisotopic (exact) mass is 358 g/mol. The van der Waals surface area contributed by atoms with Gasteiger partial charge in [0.2, 0.25) is 0 Å². The quantitative estimate of drug-likeness (QED) is 0.560. The van der Waals surface area contributed by atoms with Gasteiger partial charge in [-0.2, -0.15) is 0 Å². The van der Waals surface area contributed by atoms with E-state index in [0.717, 1.165) is 53.8 Å². The molecule has 0 saturated heterocycles. The van der Waals surface area contributed by atoms with E-state index in [9.17, 15) is 0 Å². The number of hydrogen-bond donors (Lipinski definition) is 2. The van der Waals surface area contributed by atoms with Crippen molar-refractivity contribution in [3.63, 3.8) is 0 Å². The molecule has 0 amide bonds. The number of rotatable bonds is 8. The molecule has 142 valence electrons. The smallest absolute Gasteiger partial charge is 0.191 e. The molecule has 6 heteroatoms. The first-order chi connectivity index (χ1) is 12.5. The number of aromatic nitrogens is 1. The Morgan fingerprint density at radius 3 is 2.65 bits per heavy atom. The van der Waals surface area contributed by atoms with Crippen molar-refractivity contribution < 1.29 is 9.26 Å². The lowest BCUT2D eigenvalue weighted by Gasteiger charge is -2.13. The molecule has 0 radical (unpaired) electrons. The summed E-state index contributed by atoms with van der Waals surface area (Å²) in [7, 11) is 0. The summed E-state index contributed by atoms with van der Waals surface area (Å²) in [5.41, 5.74) is 4.38. The van der Waals surface area contributed by atoms with Crippen molar-refractivity contribution in [2.45, 2.75) is 47.6 Å². The molecule has 0 saturated carbocycles. The third kappa shape index (κ3) is 5.51. The second-order valence-corrected chi connectivity index (χ2v) is 6.22. The predicted molar refractivity (Wildman–Crippen MR) is 105 cm³/mol.